The number of nitrogens with zero attached hydrogens (tertiary/aromatic N) is 2. The number of anilines is 1. The summed E-state index contributed by atoms with van der Waals surface area (Å²) in [6, 6.07) is 7.45. The number of amides is 2. The molecule has 0 radical (unpaired) electrons. The van der Waals surface area contributed by atoms with Gasteiger partial charge in [-0.05, 0) is 30.9 Å². The van der Waals surface area contributed by atoms with Crippen molar-refractivity contribution in [3.63, 3.8) is 0 Å². The highest BCUT2D eigenvalue weighted by molar-refractivity contribution is 5.98. The minimum atomic E-state index is -0.874. The Morgan fingerprint density at radius 1 is 1.19 bits per heavy atom. The van der Waals surface area contributed by atoms with Crippen LogP contribution in [0.25, 0.3) is 0 Å². The first-order chi connectivity index (χ1) is 9.99. The average Bonchev–Trinajstić information content (AvgIpc) is 2.98. The average molecular weight is 288 g/mol. The number of rotatable bonds is 1. The van der Waals surface area contributed by atoms with Gasteiger partial charge in [-0.3, -0.25) is 9.69 Å². The summed E-state index contributed by atoms with van der Waals surface area (Å²) in [7, 11) is 0. The van der Waals surface area contributed by atoms with E-state index in [-0.39, 0.29) is 18.6 Å². The molecule has 0 bridgehead atoms. The molecule has 0 saturated carbocycles. The first kappa shape index (κ1) is 13.9. The molecule has 0 spiro atoms. The Morgan fingerprint density at radius 3 is 2.52 bits per heavy atom. The Labute approximate surface area is 124 Å². The molecule has 3 atom stereocenters. The van der Waals surface area contributed by atoms with Crippen LogP contribution in [0.5, 0.6) is 0 Å². The van der Waals surface area contributed by atoms with Crippen molar-refractivity contribution in [3.8, 4) is 0 Å². The van der Waals surface area contributed by atoms with E-state index in [0.29, 0.717) is 5.92 Å². The smallest absolute Gasteiger partial charge is 0.324 e. The summed E-state index contributed by atoms with van der Waals surface area (Å²) in [6.45, 7) is 5.17. The van der Waals surface area contributed by atoms with Gasteiger partial charge in [0.2, 0.25) is 0 Å². The van der Waals surface area contributed by atoms with E-state index in [9.17, 15) is 14.7 Å². The Balaban J connectivity index is 1.90. The molecule has 1 fully saturated rings. The summed E-state index contributed by atoms with van der Waals surface area (Å²) >= 11 is 0. The molecule has 2 aliphatic rings. The van der Waals surface area contributed by atoms with Crippen LogP contribution in [0.1, 0.15) is 31.7 Å². The monoisotopic (exact) mass is 288 g/mol. The quantitative estimate of drug-likeness (QED) is 0.863. The maximum atomic E-state index is 12.8. The van der Waals surface area contributed by atoms with E-state index in [0.717, 1.165) is 24.2 Å². The van der Waals surface area contributed by atoms with Crippen LogP contribution in [0.3, 0.4) is 0 Å². The lowest BCUT2D eigenvalue weighted by Gasteiger charge is -2.28. The second kappa shape index (κ2) is 5.06. The normalized spacial score (nSPS) is 27.8. The maximum absolute atomic E-state index is 12.8. The molecular weight excluding hydrogens is 268 g/mol. The van der Waals surface area contributed by atoms with Gasteiger partial charge in [-0.15, -0.1) is 0 Å². The van der Waals surface area contributed by atoms with E-state index in [2.05, 4.69) is 13.8 Å². The number of carbonyl (C=O) groups excluding carboxylic acids is 1. The van der Waals surface area contributed by atoms with Crippen molar-refractivity contribution < 1.29 is 14.7 Å². The third-order valence-corrected chi connectivity index (χ3v) is 4.53. The molecule has 2 aliphatic heterocycles. The molecule has 112 valence electrons. The number of carbonyl (C=O) groups is 2. The summed E-state index contributed by atoms with van der Waals surface area (Å²) in [5, 5.41) is 9.37. The molecule has 3 unspecified atom stereocenters. The van der Waals surface area contributed by atoms with Gasteiger partial charge >= 0.3 is 12.0 Å². The van der Waals surface area contributed by atoms with E-state index >= 15 is 0 Å². The lowest BCUT2D eigenvalue weighted by molar-refractivity contribution is -0.138. The Kier molecular flexibility index (Phi) is 3.35. The van der Waals surface area contributed by atoms with Crippen molar-refractivity contribution >= 4 is 17.7 Å². The predicted molar refractivity (Wildman–Crippen MR) is 79.5 cm³/mol. The number of carboxylic acids is 1. The second-order valence-electron chi connectivity index (χ2n) is 6.19. The highest BCUT2D eigenvalue weighted by Gasteiger charge is 2.40. The lowest BCUT2D eigenvalue weighted by Crippen LogP contribution is -2.44. The molecular formula is C16H20N2O3. The fourth-order valence-corrected chi connectivity index (χ4v) is 3.52. The molecule has 1 N–H and O–H groups in total. The lowest BCUT2D eigenvalue weighted by atomic mass is 10.0. The third-order valence-electron chi connectivity index (χ3n) is 4.53. The molecule has 1 saturated heterocycles. The van der Waals surface area contributed by atoms with Gasteiger partial charge < -0.3 is 10.0 Å². The van der Waals surface area contributed by atoms with Gasteiger partial charge in [0.25, 0.3) is 0 Å². The Morgan fingerprint density at radius 2 is 1.90 bits per heavy atom. The number of fused-ring (bicyclic) bond motifs is 1. The summed E-state index contributed by atoms with van der Waals surface area (Å²) in [5.74, 6) is -1.00. The standard InChI is InChI=1S/C16H20N2O3/c1-10-7-11(2)17(8-10)16(21)18-9-13(15(19)20)12-5-3-4-6-14(12)18/h3-6,10-11,13H,7-9H2,1-2H3,(H,19,20). The SMILES string of the molecule is CC1CC(C)N(C(=O)N2CC(C(=O)O)c3ccccc32)C1. The highest BCUT2D eigenvalue weighted by Crippen LogP contribution is 2.37. The zero-order chi connectivity index (χ0) is 15.1. The van der Waals surface area contributed by atoms with Crippen LogP contribution in [-0.2, 0) is 4.79 Å². The van der Waals surface area contributed by atoms with Crippen LogP contribution < -0.4 is 4.90 Å². The second-order valence-corrected chi connectivity index (χ2v) is 6.19. The number of carboxylic acid groups (broad SMARTS) is 1. The number of hydrogen-bond donors (Lipinski definition) is 1. The van der Waals surface area contributed by atoms with E-state index in [1.165, 1.54) is 0 Å². The van der Waals surface area contributed by atoms with Gasteiger partial charge in [-0.25, -0.2) is 4.79 Å². The van der Waals surface area contributed by atoms with Gasteiger partial charge in [-0.2, -0.15) is 0 Å². The number of hydrogen-bond acceptors (Lipinski definition) is 2. The Hall–Kier alpha value is -2.04. The largest absolute Gasteiger partial charge is 0.481 e. The summed E-state index contributed by atoms with van der Waals surface area (Å²) in [6.07, 6.45) is 1.00. The number of aliphatic carboxylic acids is 1. The minimum Gasteiger partial charge on any atom is -0.481 e. The van der Waals surface area contributed by atoms with Gasteiger partial charge in [0, 0.05) is 24.8 Å². The van der Waals surface area contributed by atoms with Crippen molar-refractivity contribution in [1.29, 1.82) is 0 Å². The molecule has 1 aromatic carbocycles. The topological polar surface area (TPSA) is 60.9 Å². The van der Waals surface area contributed by atoms with Gasteiger partial charge in [0.05, 0.1) is 0 Å². The molecule has 5 heteroatoms. The van der Waals surface area contributed by atoms with Crippen molar-refractivity contribution in [3.05, 3.63) is 29.8 Å². The predicted octanol–water partition coefficient (Wildman–Crippen LogP) is 2.53. The van der Waals surface area contributed by atoms with Crippen LogP contribution in [0.15, 0.2) is 24.3 Å². The van der Waals surface area contributed by atoms with Gasteiger partial charge in [0.15, 0.2) is 0 Å². The zero-order valence-electron chi connectivity index (χ0n) is 12.3. The van der Waals surface area contributed by atoms with Crippen molar-refractivity contribution in [2.24, 2.45) is 5.92 Å². The highest BCUT2D eigenvalue weighted by atomic mass is 16.4. The van der Waals surface area contributed by atoms with Crippen LogP contribution >= 0.6 is 0 Å². The molecule has 3 rings (SSSR count). The zero-order valence-corrected chi connectivity index (χ0v) is 12.3. The summed E-state index contributed by atoms with van der Waals surface area (Å²) in [5.41, 5.74) is 1.47. The molecule has 2 amide bonds. The number of likely N-dealkylation sites (tertiary alicyclic amines) is 1. The third kappa shape index (κ3) is 2.26. The Bertz CT molecular complexity index is 587. The first-order valence-corrected chi connectivity index (χ1v) is 7.39. The van der Waals surface area contributed by atoms with Crippen LogP contribution in [0.2, 0.25) is 0 Å². The van der Waals surface area contributed by atoms with Crippen molar-refractivity contribution in [2.75, 3.05) is 18.0 Å². The molecule has 0 aliphatic carbocycles. The first-order valence-electron chi connectivity index (χ1n) is 7.39. The maximum Gasteiger partial charge on any atom is 0.324 e. The fraction of sp³-hybridized carbons (Fsp3) is 0.500. The summed E-state index contributed by atoms with van der Waals surface area (Å²) < 4.78 is 0. The van der Waals surface area contributed by atoms with Crippen LogP contribution in [0, 0.1) is 5.92 Å². The molecule has 5 nitrogen and oxygen atoms in total. The van der Waals surface area contributed by atoms with Gasteiger partial charge in [-0.1, -0.05) is 25.1 Å². The molecule has 2 heterocycles. The molecule has 0 aromatic heterocycles. The number of para-hydroxylation sites is 1. The van der Waals surface area contributed by atoms with Crippen molar-refractivity contribution in [1.82, 2.24) is 4.90 Å². The van der Waals surface area contributed by atoms with E-state index in [1.54, 1.807) is 11.0 Å². The molecule has 1 aromatic rings. The van der Waals surface area contributed by atoms with Crippen LogP contribution in [0.4, 0.5) is 10.5 Å². The summed E-state index contributed by atoms with van der Waals surface area (Å²) in [4.78, 5) is 27.7. The number of urea groups is 1. The number of benzene rings is 1. The van der Waals surface area contributed by atoms with E-state index < -0.39 is 11.9 Å². The van der Waals surface area contributed by atoms with Crippen molar-refractivity contribution in [2.45, 2.75) is 32.2 Å². The van der Waals surface area contributed by atoms with E-state index in [4.69, 9.17) is 0 Å². The molecule has 21 heavy (non-hydrogen) atoms. The van der Waals surface area contributed by atoms with E-state index in [1.807, 2.05) is 23.1 Å². The van der Waals surface area contributed by atoms with Gasteiger partial charge in [0.1, 0.15) is 5.92 Å². The van der Waals surface area contributed by atoms with Crippen LogP contribution in [-0.4, -0.2) is 41.1 Å². The fourth-order valence-electron chi connectivity index (χ4n) is 3.52. The minimum absolute atomic E-state index is 0.0666.